The van der Waals surface area contributed by atoms with Crippen molar-refractivity contribution in [1.82, 2.24) is 0 Å². The molecule has 0 heterocycles. The van der Waals surface area contributed by atoms with Crippen LogP contribution in [0.5, 0.6) is 0 Å². The predicted octanol–water partition coefficient (Wildman–Crippen LogP) is 1.21. The second kappa shape index (κ2) is 4.44. The lowest BCUT2D eigenvalue weighted by atomic mass is 10.2. The van der Waals surface area contributed by atoms with Gasteiger partial charge in [0.1, 0.15) is 0 Å². The standard InChI is InChI=1S/C8H10O3/c1-4-6(3)8(10)11-7(9)5-2/h5H,2-4H2,1H3. The van der Waals surface area contributed by atoms with Gasteiger partial charge in [0.25, 0.3) is 0 Å². The summed E-state index contributed by atoms with van der Waals surface area (Å²) in [4.78, 5) is 21.2. The lowest BCUT2D eigenvalue weighted by Gasteiger charge is -1.98. The van der Waals surface area contributed by atoms with Gasteiger partial charge in [0.2, 0.25) is 0 Å². The molecule has 0 aliphatic carbocycles. The van der Waals surface area contributed by atoms with Crippen LogP contribution in [0.15, 0.2) is 24.8 Å². The molecule has 0 radical (unpaired) electrons. The Morgan fingerprint density at radius 3 is 2.45 bits per heavy atom. The van der Waals surface area contributed by atoms with E-state index in [9.17, 15) is 9.59 Å². The minimum Gasteiger partial charge on any atom is -0.386 e. The summed E-state index contributed by atoms with van der Waals surface area (Å²) in [6.45, 7) is 8.29. The van der Waals surface area contributed by atoms with Gasteiger partial charge in [-0.1, -0.05) is 20.1 Å². The molecule has 0 bridgehead atoms. The van der Waals surface area contributed by atoms with Crippen molar-refractivity contribution in [2.45, 2.75) is 13.3 Å². The van der Waals surface area contributed by atoms with Gasteiger partial charge in [-0.05, 0) is 6.42 Å². The van der Waals surface area contributed by atoms with Crippen molar-refractivity contribution < 1.29 is 14.3 Å². The second-order valence-corrected chi connectivity index (χ2v) is 1.87. The first-order chi connectivity index (χ1) is 5.11. The van der Waals surface area contributed by atoms with Gasteiger partial charge in [-0.2, -0.15) is 0 Å². The first-order valence-corrected chi connectivity index (χ1v) is 3.18. The third-order valence-electron chi connectivity index (χ3n) is 1.08. The number of carbonyl (C=O) groups is 2. The zero-order valence-electron chi connectivity index (χ0n) is 6.42. The second-order valence-electron chi connectivity index (χ2n) is 1.87. The monoisotopic (exact) mass is 154 g/mol. The van der Waals surface area contributed by atoms with Crippen LogP contribution in [-0.2, 0) is 14.3 Å². The molecule has 0 rings (SSSR count). The molecule has 0 spiro atoms. The molecule has 0 amide bonds. The van der Waals surface area contributed by atoms with E-state index in [0.717, 1.165) is 6.08 Å². The molecule has 0 unspecified atom stereocenters. The Morgan fingerprint density at radius 2 is 2.09 bits per heavy atom. The lowest BCUT2D eigenvalue weighted by molar-refractivity contribution is -0.153. The molecule has 0 aromatic carbocycles. The van der Waals surface area contributed by atoms with Crippen LogP contribution >= 0.6 is 0 Å². The van der Waals surface area contributed by atoms with E-state index >= 15 is 0 Å². The Kier molecular flexibility index (Phi) is 3.88. The van der Waals surface area contributed by atoms with Crippen molar-refractivity contribution in [3.8, 4) is 0 Å². The van der Waals surface area contributed by atoms with Crippen LogP contribution in [0.1, 0.15) is 13.3 Å². The molecular formula is C8H10O3. The lowest BCUT2D eigenvalue weighted by Crippen LogP contribution is -2.10. The van der Waals surface area contributed by atoms with Gasteiger partial charge in [0.05, 0.1) is 0 Å². The summed E-state index contributed by atoms with van der Waals surface area (Å²) in [6, 6.07) is 0. The number of esters is 2. The van der Waals surface area contributed by atoms with Crippen LogP contribution in [0.4, 0.5) is 0 Å². The maximum Gasteiger partial charge on any atom is 0.341 e. The molecule has 0 saturated carbocycles. The summed E-state index contributed by atoms with van der Waals surface area (Å²) in [7, 11) is 0. The maximum absolute atomic E-state index is 10.8. The van der Waals surface area contributed by atoms with Crippen molar-refractivity contribution in [2.24, 2.45) is 0 Å². The number of hydrogen-bond donors (Lipinski definition) is 0. The van der Waals surface area contributed by atoms with E-state index in [2.05, 4.69) is 17.9 Å². The predicted molar refractivity (Wildman–Crippen MR) is 40.7 cm³/mol. The Morgan fingerprint density at radius 1 is 1.55 bits per heavy atom. The fraction of sp³-hybridized carbons (Fsp3) is 0.250. The topological polar surface area (TPSA) is 43.4 Å². The van der Waals surface area contributed by atoms with Crippen molar-refractivity contribution in [3.05, 3.63) is 24.8 Å². The summed E-state index contributed by atoms with van der Waals surface area (Å²) in [5, 5.41) is 0. The van der Waals surface area contributed by atoms with Gasteiger partial charge in [0.15, 0.2) is 0 Å². The number of hydrogen-bond acceptors (Lipinski definition) is 3. The van der Waals surface area contributed by atoms with Crippen LogP contribution in [-0.4, -0.2) is 11.9 Å². The first-order valence-electron chi connectivity index (χ1n) is 3.18. The van der Waals surface area contributed by atoms with Gasteiger partial charge in [-0.15, -0.1) is 0 Å². The summed E-state index contributed by atoms with van der Waals surface area (Å²) < 4.78 is 4.26. The Bertz CT molecular complexity index is 203. The van der Waals surface area contributed by atoms with E-state index in [1.165, 1.54) is 0 Å². The van der Waals surface area contributed by atoms with Crippen LogP contribution in [0.3, 0.4) is 0 Å². The highest BCUT2D eigenvalue weighted by molar-refractivity contribution is 5.98. The van der Waals surface area contributed by atoms with Crippen molar-refractivity contribution in [3.63, 3.8) is 0 Å². The highest BCUT2D eigenvalue weighted by Gasteiger charge is 2.08. The van der Waals surface area contributed by atoms with E-state index in [1.54, 1.807) is 6.92 Å². The normalized spacial score (nSPS) is 8.45. The zero-order chi connectivity index (χ0) is 8.85. The summed E-state index contributed by atoms with van der Waals surface area (Å²) in [5.41, 5.74) is 0.278. The van der Waals surface area contributed by atoms with Crippen LogP contribution in [0.2, 0.25) is 0 Å². The molecule has 0 aromatic heterocycles. The average Bonchev–Trinajstić information content (AvgIpc) is 2.02. The van der Waals surface area contributed by atoms with Gasteiger partial charge in [-0.25, -0.2) is 9.59 Å². The van der Waals surface area contributed by atoms with Crippen LogP contribution < -0.4 is 0 Å². The largest absolute Gasteiger partial charge is 0.386 e. The van der Waals surface area contributed by atoms with Crippen molar-refractivity contribution in [2.75, 3.05) is 0 Å². The average molecular weight is 154 g/mol. The molecule has 0 aromatic rings. The molecule has 0 atom stereocenters. The zero-order valence-corrected chi connectivity index (χ0v) is 6.42. The minimum absolute atomic E-state index is 0.278. The Labute approximate surface area is 65.4 Å². The molecule has 3 heteroatoms. The maximum atomic E-state index is 10.8. The third kappa shape index (κ3) is 3.35. The van der Waals surface area contributed by atoms with Gasteiger partial charge in [0, 0.05) is 11.6 Å². The highest BCUT2D eigenvalue weighted by Crippen LogP contribution is 1.99. The van der Waals surface area contributed by atoms with Gasteiger partial charge < -0.3 is 4.74 Å². The quantitative estimate of drug-likeness (QED) is 0.348. The summed E-state index contributed by atoms with van der Waals surface area (Å²) in [6.07, 6.45) is 1.41. The molecule has 0 aliphatic rings. The number of rotatable bonds is 3. The SMILES string of the molecule is C=CC(=O)OC(=O)C(=C)CC. The van der Waals surface area contributed by atoms with E-state index in [1.807, 2.05) is 0 Å². The first kappa shape index (κ1) is 9.62. The fourth-order valence-corrected chi connectivity index (χ4v) is 0.350. The Hall–Kier alpha value is -1.38. The van der Waals surface area contributed by atoms with Crippen LogP contribution in [0.25, 0.3) is 0 Å². The van der Waals surface area contributed by atoms with Gasteiger partial charge in [-0.3, -0.25) is 0 Å². The highest BCUT2D eigenvalue weighted by atomic mass is 16.6. The molecule has 11 heavy (non-hydrogen) atoms. The molecule has 3 nitrogen and oxygen atoms in total. The van der Waals surface area contributed by atoms with E-state index < -0.39 is 11.9 Å². The van der Waals surface area contributed by atoms with E-state index in [0.29, 0.717) is 6.42 Å². The van der Waals surface area contributed by atoms with Gasteiger partial charge >= 0.3 is 11.9 Å². The molecule has 0 N–H and O–H groups in total. The van der Waals surface area contributed by atoms with Crippen molar-refractivity contribution >= 4 is 11.9 Å². The van der Waals surface area contributed by atoms with Crippen molar-refractivity contribution in [1.29, 1.82) is 0 Å². The fourth-order valence-electron chi connectivity index (χ4n) is 0.350. The third-order valence-corrected chi connectivity index (χ3v) is 1.08. The molecule has 0 fully saturated rings. The smallest absolute Gasteiger partial charge is 0.341 e. The summed E-state index contributed by atoms with van der Waals surface area (Å²) in [5.74, 6) is -1.43. The molecule has 0 aliphatic heterocycles. The number of ether oxygens (including phenoxy) is 1. The molecule has 0 saturated heterocycles. The van der Waals surface area contributed by atoms with Crippen LogP contribution in [0, 0.1) is 0 Å². The van der Waals surface area contributed by atoms with E-state index in [-0.39, 0.29) is 5.57 Å². The van der Waals surface area contributed by atoms with E-state index in [4.69, 9.17) is 0 Å². The molecular weight excluding hydrogens is 144 g/mol. The molecule has 60 valence electrons. The minimum atomic E-state index is -0.746. The number of carbonyl (C=O) groups excluding carboxylic acids is 2. The summed E-state index contributed by atoms with van der Waals surface area (Å²) >= 11 is 0. The Balaban J connectivity index is 3.97.